The van der Waals surface area contributed by atoms with Gasteiger partial charge in [0.2, 0.25) is 5.91 Å². The molecule has 1 unspecified atom stereocenters. The van der Waals surface area contributed by atoms with Gasteiger partial charge in [-0.25, -0.2) is 0 Å². The van der Waals surface area contributed by atoms with Crippen LogP contribution >= 0.6 is 11.8 Å². The monoisotopic (exact) mass is 281 g/mol. The number of carbonyl (C=O) groups is 1. The zero-order valence-electron chi connectivity index (χ0n) is 10.8. The summed E-state index contributed by atoms with van der Waals surface area (Å²) in [5.74, 6) is 1.19. The molecule has 1 heterocycles. The highest BCUT2D eigenvalue weighted by atomic mass is 32.2. The van der Waals surface area contributed by atoms with E-state index in [4.69, 9.17) is 4.74 Å². The van der Waals surface area contributed by atoms with Crippen LogP contribution in [0, 0.1) is 0 Å². The van der Waals surface area contributed by atoms with Crippen LogP contribution in [0.4, 0.5) is 0 Å². The molecule has 0 aromatic heterocycles. The molecular weight excluding hydrogens is 262 g/mol. The Hall–Kier alpha value is -1.04. The van der Waals surface area contributed by atoms with E-state index >= 15 is 0 Å². The Morgan fingerprint density at radius 2 is 2.21 bits per heavy atom. The summed E-state index contributed by atoms with van der Waals surface area (Å²) in [6.45, 7) is 1.15. The number of ether oxygens (including phenoxy) is 1. The molecule has 104 valence electrons. The Morgan fingerprint density at radius 1 is 1.42 bits per heavy atom. The fourth-order valence-corrected chi connectivity index (χ4v) is 2.70. The van der Waals surface area contributed by atoms with Crippen LogP contribution in [0.3, 0.4) is 0 Å². The summed E-state index contributed by atoms with van der Waals surface area (Å²) in [5, 5.41) is 12.8. The third-order valence-electron chi connectivity index (χ3n) is 3.04. The molecule has 0 spiro atoms. The van der Waals surface area contributed by atoms with Crippen molar-refractivity contribution in [2.45, 2.75) is 17.8 Å². The van der Waals surface area contributed by atoms with E-state index < -0.39 is 5.60 Å². The highest BCUT2D eigenvalue weighted by molar-refractivity contribution is 7.99. The number of rotatable bonds is 6. The summed E-state index contributed by atoms with van der Waals surface area (Å²) >= 11 is 1.57. The van der Waals surface area contributed by atoms with Gasteiger partial charge in [0.25, 0.3) is 0 Å². The molecular formula is C14H19NO3S. The summed E-state index contributed by atoms with van der Waals surface area (Å²) in [6, 6.07) is 10.1. The molecule has 2 rings (SSSR count). The van der Waals surface area contributed by atoms with Gasteiger partial charge in [-0.3, -0.25) is 4.79 Å². The molecule has 19 heavy (non-hydrogen) atoms. The fourth-order valence-electron chi connectivity index (χ4n) is 1.89. The van der Waals surface area contributed by atoms with Crippen molar-refractivity contribution in [3.63, 3.8) is 0 Å². The number of aliphatic hydroxyl groups is 1. The van der Waals surface area contributed by atoms with E-state index in [0.29, 0.717) is 25.4 Å². The van der Waals surface area contributed by atoms with Crippen LogP contribution in [0.15, 0.2) is 30.3 Å². The van der Waals surface area contributed by atoms with Crippen LogP contribution in [-0.2, 0) is 15.3 Å². The summed E-state index contributed by atoms with van der Waals surface area (Å²) < 4.78 is 5.12. The van der Waals surface area contributed by atoms with Crippen LogP contribution in [0.25, 0.3) is 0 Å². The molecule has 0 aliphatic carbocycles. The second-order valence-electron chi connectivity index (χ2n) is 4.78. The molecule has 0 bridgehead atoms. The van der Waals surface area contributed by atoms with E-state index in [2.05, 4.69) is 5.32 Å². The average molecular weight is 281 g/mol. The predicted octanol–water partition coefficient (Wildman–Crippen LogP) is 1.19. The van der Waals surface area contributed by atoms with Gasteiger partial charge in [-0.2, -0.15) is 0 Å². The van der Waals surface area contributed by atoms with Crippen LogP contribution in [-0.4, -0.2) is 42.1 Å². The fraction of sp³-hybridized carbons (Fsp3) is 0.500. The van der Waals surface area contributed by atoms with Crippen molar-refractivity contribution in [1.29, 1.82) is 0 Å². The zero-order chi connectivity index (χ0) is 13.6. The Balaban J connectivity index is 1.62. The Kier molecular flexibility index (Phi) is 5.24. The molecule has 5 heteroatoms. The van der Waals surface area contributed by atoms with Crippen LogP contribution in [0.1, 0.15) is 12.0 Å². The maximum atomic E-state index is 11.6. The first kappa shape index (κ1) is 14.4. The smallest absolute Gasteiger partial charge is 0.230 e. The molecule has 0 saturated carbocycles. The lowest BCUT2D eigenvalue weighted by atomic mass is 10.0. The molecule has 4 nitrogen and oxygen atoms in total. The van der Waals surface area contributed by atoms with E-state index in [9.17, 15) is 9.90 Å². The molecule has 1 saturated heterocycles. The molecule has 1 fully saturated rings. The maximum Gasteiger partial charge on any atom is 0.230 e. The number of nitrogens with one attached hydrogen (secondary N) is 1. The highest BCUT2D eigenvalue weighted by Gasteiger charge is 2.32. The predicted molar refractivity (Wildman–Crippen MR) is 76.0 cm³/mol. The number of carbonyl (C=O) groups excluding carboxylic acids is 1. The van der Waals surface area contributed by atoms with Crippen molar-refractivity contribution in [3.05, 3.63) is 35.9 Å². The van der Waals surface area contributed by atoms with Crippen LogP contribution < -0.4 is 5.32 Å². The molecule has 0 radical (unpaired) electrons. The van der Waals surface area contributed by atoms with Gasteiger partial charge >= 0.3 is 0 Å². The summed E-state index contributed by atoms with van der Waals surface area (Å²) in [4.78, 5) is 11.6. The van der Waals surface area contributed by atoms with E-state index in [1.807, 2.05) is 30.3 Å². The Morgan fingerprint density at radius 3 is 2.89 bits per heavy atom. The minimum atomic E-state index is -0.875. The molecule has 1 aliphatic rings. The largest absolute Gasteiger partial charge is 0.386 e. The first-order valence-electron chi connectivity index (χ1n) is 6.36. The number of thioether (sulfide) groups is 1. The Labute approximate surface area is 117 Å². The maximum absolute atomic E-state index is 11.6. The van der Waals surface area contributed by atoms with Gasteiger partial charge in [0.15, 0.2) is 0 Å². The number of hydrogen-bond acceptors (Lipinski definition) is 4. The normalized spacial score (nSPS) is 22.4. The van der Waals surface area contributed by atoms with Crippen LogP contribution in [0.5, 0.6) is 0 Å². The van der Waals surface area contributed by atoms with Crippen molar-refractivity contribution in [2.24, 2.45) is 0 Å². The molecule has 1 aliphatic heterocycles. The minimum absolute atomic E-state index is 0.0405. The van der Waals surface area contributed by atoms with Gasteiger partial charge in [-0.15, -0.1) is 11.8 Å². The quantitative estimate of drug-likeness (QED) is 0.822. The zero-order valence-corrected chi connectivity index (χ0v) is 11.6. The SMILES string of the molecule is O=C(CSCc1ccccc1)NCC1(O)CCOC1. The minimum Gasteiger partial charge on any atom is -0.386 e. The van der Waals surface area contributed by atoms with Crippen molar-refractivity contribution in [2.75, 3.05) is 25.5 Å². The van der Waals surface area contributed by atoms with Gasteiger partial charge in [0.1, 0.15) is 5.60 Å². The lowest BCUT2D eigenvalue weighted by Gasteiger charge is -2.20. The second kappa shape index (κ2) is 6.93. The highest BCUT2D eigenvalue weighted by Crippen LogP contribution is 2.17. The lowest BCUT2D eigenvalue weighted by molar-refractivity contribution is -0.119. The standard InChI is InChI=1S/C14H19NO3S/c16-13(15-10-14(17)6-7-18-11-14)9-19-8-12-4-2-1-3-5-12/h1-5,17H,6-11H2,(H,15,16). The van der Waals surface area contributed by atoms with Gasteiger partial charge in [0, 0.05) is 25.3 Å². The van der Waals surface area contributed by atoms with Crippen molar-refractivity contribution < 1.29 is 14.6 Å². The van der Waals surface area contributed by atoms with E-state index in [0.717, 1.165) is 5.75 Å². The second-order valence-corrected chi connectivity index (χ2v) is 5.77. The molecule has 1 aromatic rings. The third-order valence-corrected chi connectivity index (χ3v) is 4.05. The van der Waals surface area contributed by atoms with E-state index in [1.54, 1.807) is 11.8 Å². The number of hydrogen-bond donors (Lipinski definition) is 2. The number of amides is 1. The third kappa shape index (κ3) is 4.86. The van der Waals surface area contributed by atoms with Gasteiger partial charge in [-0.1, -0.05) is 30.3 Å². The first-order chi connectivity index (χ1) is 9.18. The Bertz CT molecular complexity index is 404. The average Bonchev–Trinajstić information content (AvgIpc) is 2.85. The summed E-state index contributed by atoms with van der Waals surface area (Å²) in [6.07, 6.45) is 0.588. The van der Waals surface area contributed by atoms with Crippen molar-refractivity contribution in [1.82, 2.24) is 5.32 Å². The van der Waals surface area contributed by atoms with E-state index in [1.165, 1.54) is 5.56 Å². The van der Waals surface area contributed by atoms with Gasteiger partial charge in [0.05, 0.1) is 12.4 Å². The van der Waals surface area contributed by atoms with Crippen molar-refractivity contribution >= 4 is 17.7 Å². The molecule has 1 atom stereocenters. The lowest BCUT2D eigenvalue weighted by Crippen LogP contribution is -2.43. The summed E-state index contributed by atoms with van der Waals surface area (Å²) in [7, 11) is 0. The summed E-state index contributed by atoms with van der Waals surface area (Å²) in [5.41, 5.74) is 0.336. The van der Waals surface area contributed by atoms with Gasteiger partial charge < -0.3 is 15.2 Å². The number of benzene rings is 1. The molecule has 1 aromatic carbocycles. The topological polar surface area (TPSA) is 58.6 Å². The van der Waals surface area contributed by atoms with Crippen LogP contribution in [0.2, 0.25) is 0 Å². The van der Waals surface area contributed by atoms with Crippen molar-refractivity contribution in [3.8, 4) is 0 Å². The first-order valence-corrected chi connectivity index (χ1v) is 7.52. The molecule has 1 amide bonds. The van der Waals surface area contributed by atoms with Gasteiger partial charge in [-0.05, 0) is 5.56 Å². The molecule has 2 N–H and O–H groups in total. The van der Waals surface area contributed by atoms with E-state index in [-0.39, 0.29) is 12.5 Å².